The van der Waals surface area contributed by atoms with Gasteiger partial charge in [0.2, 0.25) is 5.91 Å². The van der Waals surface area contributed by atoms with Crippen molar-refractivity contribution >= 4 is 23.7 Å². The van der Waals surface area contributed by atoms with Crippen LogP contribution in [0.2, 0.25) is 0 Å². The fourth-order valence-electron chi connectivity index (χ4n) is 1.30. The largest absolute Gasteiger partial charge is 0.351 e. The molecule has 0 aliphatic heterocycles. The molecule has 17 heavy (non-hydrogen) atoms. The Bertz CT molecular complexity index is 446. The van der Waals surface area contributed by atoms with Crippen LogP contribution in [-0.4, -0.2) is 17.2 Å². The fraction of sp³-hybridized carbons (Fsp3) is 0.333. The highest BCUT2D eigenvalue weighted by Crippen LogP contribution is 2.27. The molecule has 1 atom stereocenters. The van der Waals surface area contributed by atoms with Crippen LogP contribution in [-0.2, 0) is 4.79 Å². The van der Waals surface area contributed by atoms with Crippen molar-refractivity contribution in [2.45, 2.75) is 30.9 Å². The second-order valence-corrected chi connectivity index (χ2v) is 5.27. The number of primary amides is 1. The van der Waals surface area contributed by atoms with E-state index < -0.39 is 6.03 Å². The summed E-state index contributed by atoms with van der Waals surface area (Å²) in [7, 11) is 0. The molecule has 0 saturated heterocycles. The van der Waals surface area contributed by atoms with Gasteiger partial charge in [-0.1, -0.05) is 17.7 Å². The summed E-state index contributed by atoms with van der Waals surface area (Å²) in [5, 5.41) is 1.72. The van der Waals surface area contributed by atoms with Crippen molar-refractivity contribution in [2.24, 2.45) is 5.73 Å². The van der Waals surface area contributed by atoms with Crippen molar-refractivity contribution in [1.82, 2.24) is 5.32 Å². The third kappa shape index (κ3) is 4.11. The van der Waals surface area contributed by atoms with Crippen molar-refractivity contribution < 1.29 is 9.59 Å². The van der Waals surface area contributed by atoms with Crippen LogP contribution >= 0.6 is 11.8 Å². The molecule has 1 rings (SSSR count). The molecule has 1 aromatic carbocycles. The van der Waals surface area contributed by atoms with Crippen molar-refractivity contribution in [3.05, 3.63) is 29.3 Å². The molecule has 3 N–H and O–H groups in total. The Morgan fingerprint density at radius 1 is 1.35 bits per heavy atom. The lowest BCUT2D eigenvalue weighted by Gasteiger charge is -2.12. The standard InChI is InChI=1S/C12H16N2O2S/c1-7-4-5-8(2)10(6-7)17-9(3)11(15)14-12(13)16/h4-6,9H,1-3H3,(H3,13,14,15,16). The first-order valence-corrected chi connectivity index (χ1v) is 6.12. The van der Waals surface area contributed by atoms with Gasteiger partial charge in [-0.3, -0.25) is 10.1 Å². The maximum absolute atomic E-state index is 11.5. The molecule has 0 aliphatic rings. The van der Waals surface area contributed by atoms with Gasteiger partial charge in [0.1, 0.15) is 0 Å². The maximum atomic E-state index is 11.5. The smallest absolute Gasteiger partial charge is 0.318 e. The lowest BCUT2D eigenvalue weighted by Crippen LogP contribution is -2.39. The number of urea groups is 1. The average molecular weight is 252 g/mol. The summed E-state index contributed by atoms with van der Waals surface area (Å²) in [5.74, 6) is -0.372. The monoisotopic (exact) mass is 252 g/mol. The van der Waals surface area contributed by atoms with E-state index in [0.29, 0.717) is 0 Å². The number of nitrogens with two attached hydrogens (primary N) is 1. The van der Waals surface area contributed by atoms with E-state index >= 15 is 0 Å². The van der Waals surface area contributed by atoms with E-state index in [9.17, 15) is 9.59 Å². The summed E-state index contributed by atoms with van der Waals surface area (Å²) in [6.45, 7) is 5.73. The van der Waals surface area contributed by atoms with Gasteiger partial charge >= 0.3 is 6.03 Å². The van der Waals surface area contributed by atoms with Gasteiger partial charge < -0.3 is 5.73 Å². The molecule has 0 heterocycles. The van der Waals surface area contributed by atoms with Crippen LogP contribution in [0, 0.1) is 13.8 Å². The summed E-state index contributed by atoms with van der Waals surface area (Å²) in [6, 6.07) is 5.24. The van der Waals surface area contributed by atoms with Crippen molar-refractivity contribution in [3.63, 3.8) is 0 Å². The predicted octanol–water partition coefficient (Wildman–Crippen LogP) is 1.98. The number of carbonyl (C=O) groups excluding carboxylic acids is 2. The second-order valence-electron chi connectivity index (χ2n) is 3.88. The molecule has 0 aromatic heterocycles. The van der Waals surface area contributed by atoms with Gasteiger partial charge in [0, 0.05) is 4.90 Å². The summed E-state index contributed by atoms with van der Waals surface area (Å²) < 4.78 is 0. The fourth-order valence-corrected chi connectivity index (χ4v) is 2.36. The van der Waals surface area contributed by atoms with Gasteiger partial charge in [-0.05, 0) is 32.4 Å². The summed E-state index contributed by atoms with van der Waals surface area (Å²) in [5.41, 5.74) is 7.15. The molecule has 1 aromatic rings. The first-order chi connectivity index (χ1) is 7.90. The van der Waals surface area contributed by atoms with E-state index in [4.69, 9.17) is 5.73 Å². The van der Waals surface area contributed by atoms with Gasteiger partial charge in [0.25, 0.3) is 0 Å². The number of aryl methyl sites for hydroxylation is 2. The average Bonchev–Trinajstić information content (AvgIpc) is 2.22. The van der Waals surface area contributed by atoms with Gasteiger partial charge in [0.15, 0.2) is 0 Å². The Hall–Kier alpha value is -1.49. The van der Waals surface area contributed by atoms with E-state index in [1.165, 1.54) is 11.8 Å². The molecule has 0 fully saturated rings. The summed E-state index contributed by atoms with van der Waals surface area (Å²) >= 11 is 1.41. The number of nitrogens with one attached hydrogen (secondary N) is 1. The van der Waals surface area contributed by atoms with Crippen molar-refractivity contribution in [2.75, 3.05) is 0 Å². The number of hydrogen-bond donors (Lipinski definition) is 2. The molecule has 0 bridgehead atoms. The van der Waals surface area contributed by atoms with Crippen LogP contribution in [0.25, 0.3) is 0 Å². The Balaban J connectivity index is 2.73. The number of thioether (sulfide) groups is 1. The maximum Gasteiger partial charge on any atom is 0.318 e. The van der Waals surface area contributed by atoms with Crippen LogP contribution in [0.15, 0.2) is 23.1 Å². The van der Waals surface area contributed by atoms with Crippen LogP contribution < -0.4 is 11.1 Å². The molecule has 0 aliphatic carbocycles. The van der Waals surface area contributed by atoms with Gasteiger partial charge in [-0.15, -0.1) is 11.8 Å². The zero-order chi connectivity index (χ0) is 13.0. The first kappa shape index (κ1) is 13.6. The minimum Gasteiger partial charge on any atom is -0.351 e. The Kier molecular flexibility index (Phi) is 4.57. The minimum absolute atomic E-state index is 0.358. The topological polar surface area (TPSA) is 72.2 Å². The van der Waals surface area contributed by atoms with E-state index in [0.717, 1.165) is 16.0 Å². The molecular weight excluding hydrogens is 236 g/mol. The summed E-state index contributed by atoms with van der Waals surface area (Å²) in [4.78, 5) is 23.1. The van der Waals surface area contributed by atoms with Gasteiger partial charge in [0.05, 0.1) is 5.25 Å². The van der Waals surface area contributed by atoms with Crippen LogP contribution in [0.3, 0.4) is 0 Å². The van der Waals surface area contributed by atoms with Crippen LogP contribution in [0.4, 0.5) is 4.79 Å². The van der Waals surface area contributed by atoms with Crippen molar-refractivity contribution in [3.8, 4) is 0 Å². The highest BCUT2D eigenvalue weighted by molar-refractivity contribution is 8.00. The van der Waals surface area contributed by atoms with E-state index in [1.54, 1.807) is 6.92 Å². The zero-order valence-corrected chi connectivity index (χ0v) is 10.9. The second kappa shape index (κ2) is 5.72. The molecular formula is C12H16N2O2S. The molecule has 5 heteroatoms. The number of amides is 3. The molecule has 92 valence electrons. The third-order valence-electron chi connectivity index (χ3n) is 2.26. The number of hydrogen-bond acceptors (Lipinski definition) is 3. The highest BCUT2D eigenvalue weighted by Gasteiger charge is 2.16. The molecule has 0 spiro atoms. The van der Waals surface area contributed by atoms with Crippen LogP contribution in [0.5, 0.6) is 0 Å². The van der Waals surface area contributed by atoms with Crippen LogP contribution in [0.1, 0.15) is 18.1 Å². The zero-order valence-electron chi connectivity index (χ0n) is 10.1. The van der Waals surface area contributed by atoms with E-state index in [-0.39, 0.29) is 11.2 Å². The van der Waals surface area contributed by atoms with Gasteiger partial charge in [-0.25, -0.2) is 4.79 Å². The molecule has 4 nitrogen and oxygen atoms in total. The number of carbonyl (C=O) groups is 2. The lowest BCUT2D eigenvalue weighted by atomic mass is 10.2. The molecule has 3 amide bonds. The number of benzene rings is 1. The number of imide groups is 1. The highest BCUT2D eigenvalue weighted by atomic mass is 32.2. The van der Waals surface area contributed by atoms with E-state index in [1.807, 2.05) is 32.0 Å². The quantitative estimate of drug-likeness (QED) is 0.808. The molecule has 0 saturated carbocycles. The van der Waals surface area contributed by atoms with Gasteiger partial charge in [-0.2, -0.15) is 0 Å². The Morgan fingerprint density at radius 3 is 2.59 bits per heavy atom. The lowest BCUT2D eigenvalue weighted by molar-refractivity contribution is -0.119. The Labute approximate surface area is 105 Å². The first-order valence-electron chi connectivity index (χ1n) is 5.24. The molecule has 0 radical (unpaired) electrons. The Morgan fingerprint density at radius 2 is 2.00 bits per heavy atom. The third-order valence-corrected chi connectivity index (χ3v) is 3.52. The van der Waals surface area contributed by atoms with E-state index in [2.05, 4.69) is 5.32 Å². The minimum atomic E-state index is -0.816. The molecule has 1 unspecified atom stereocenters. The summed E-state index contributed by atoms with van der Waals surface area (Å²) in [6.07, 6.45) is 0. The predicted molar refractivity (Wildman–Crippen MR) is 69.0 cm³/mol. The van der Waals surface area contributed by atoms with Crippen molar-refractivity contribution in [1.29, 1.82) is 0 Å². The number of rotatable bonds is 3. The SMILES string of the molecule is Cc1ccc(C)c(SC(C)C(=O)NC(N)=O)c1. The normalized spacial score (nSPS) is 11.9.